The number of aromatic carboxylic acids is 1. The van der Waals surface area contributed by atoms with E-state index in [1.807, 2.05) is 4.90 Å². The molecular formula is C16H22N2O3. The number of rotatable bonds is 3. The van der Waals surface area contributed by atoms with Crippen LogP contribution in [0.1, 0.15) is 43.1 Å². The van der Waals surface area contributed by atoms with Gasteiger partial charge in [0.2, 0.25) is 0 Å². The number of likely N-dealkylation sites (tertiary alicyclic amines) is 1. The van der Waals surface area contributed by atoms with Crippen molar-refractivity contribution in [2.75, 3.05) is 6.54 Å². The van der Waals surface area contributed by atoms with Crippen molar-refractivity contribution in [2.45, 2.75) is 39.3 Å². The number of carboxylic acid groups (broad SMARTS) is 1. The molecule has 2 rings (SSSR count). The summed E-state index contributed by atoms with van der Waals surface area (Å²) < 4.78 is 0. The van der Waals surface area contributed by atoms with Crippen molar-refractivity contribution in [3.05, 3.63) is 35.4 Å². The van der Waals surface area contributed by atoms with Crippen molar-refractivity contribution in [1.82, 2.24) is 10.2 Å². The number of carboxylic acids is 1. The Morgan fingerprint density at radius 2 is 1.95 bits per heavy atom. The molecule has 5 heteroatoms. The van der Waals surface area contributed by atoms with E-state index in [4.69, 9.17) is 5.11 Å². The Morgan fingerprint density at radius 3 is 2.43 bits per heavy atom. The van der Waals surface area contributed by atoms with E-state index in [1.54, 1.807) is 24.3 Å². The second kappa shape index (κ2) is 5.76. The number of urea groups is 1. The van der Waals surface area contributed by atoms with Gasteiger partial charge >= 0.3 is 12.0 Å². The topological polar surface area (TPSA) is 69.6 Å². The fraction of sp³-hybridized carbons (Fsp3) is 0.500. The van der Waals surface area contributed by atoms with E-state index in [-0.39, 0.29) is 17.1 Å². The van der Waals surface area contributed by atoms with Crippen molar-refractivity contribution in [3.63, 3.8) is 0 Å². The summed E-state index contributed by atoms with van der Waals surface area (Å²) in [7, 11) is 0. The summed E-state index contributed by atoms with van der Waals surface area (Å²) in [4.78, 5) is 24.9. The highest BCUT2D eigenvalue weighted by Crippen LogP contribution is 2.32. The zero-order valence-corrected chi connectivity index (χ0v) is 12.7. The Hall–Kier alpha value is -2.04. The largest absolute Gasteiger partial charge is 0.478 e. The highest BCUT2D eigenvalue weighted by atomic mass is 16.4. The van der Waals surface area contributed by atoms with Crippen molar-refractivity contribution in [2.24, 2.45) is 5.92 Å². The molecule has 1 aliphatic heterocycles. The predicted molar refractivity (Wildman–Crippen MR) is 80.2 cm³/mol. The lowest BCUT2D eigenvalue weighted by atomic mass is 9.98. The van der Waals surface area contributed by atoms with Crippen molar-refractivity contribution in [1.29, 1.82) is 0 Å². The predicted octanol–water partition coefficient (Wildman–Crippen LogP) is 2.71. The zero-order valence-electron chi connectivity index (χ0n) is 12.7. The van der Waals surface area contributed by atoms with Gasteiger partial charge in [-0.2, -0.15) is 0 Å². The van der Waals surface area contributed by atoms with Crippen molar-refractivity contribution in [3.8, 4) is 0 Å². The third kappa shape index (κ3) is 3.54. The van der Waals surface area contributed by atoms with Gasteiger partial charge in [-0.1, -0.05) is 19.1 Å². The average Bonchev–Trinajstić information content (AvgIpc) is 2.69. The van der Waals surface area contributed by atoms with Gasteiger partial charge < -0.3 is 15.3 Å². The normalized spacial score (nSPS) is 20.3. The third-order valence-electron chi connectivity index (χ3n) is 3.96. The minimum absolute atomic E-state index is 0.0633. The van der Waals surface area contributed by atoms with Gasteiger partial charge in [-0.25, -0.2) is 9.59 Å². The van der Waals surface area contributed by atoms with Crippen LogP contribution in [0.25, 0.3) is 0 Å². The van der Waals surface area contributed by atoms with Crippen LogP contribution in [0.5, 0.6) is 0 Å². The minimum Gasteiger partial charge on any atom is -0.478 e. The maximum atomic E-state index is 12.3. The number of benzene rings is 1. The fourth-order valence-corrected chi connectivity index (χ4v) is 2.98. The van der Waals surface area contributed by atoms with Crippen LogP contribution in [-0.4, -0.2) is 34.1 Å². The van der Waals surface area contributed by atoms with E-state index >= 15 is 0 Å². The van der Waals surface area contributed by atoms with Gasteiger partial charge in [0.15, 0.2) is 0 Å². The smallest absolute Gasteiger partial charge is 0.335 e. The van der Waals surface area contributed by atoms with Crippen LogP contribution in [0.2, 0.25) is 0 Å². The molecule has 1 aliphatic rings. The van der Waals surface area contributed by atoms with Crippen LogP contribution in [0.4, 0.5) is 4.79 Å². The van der Waals surface area contributed by atoms with E-state index in [0.717, 1.165) is 18.5 Å². The molecule has 2 N–H and O–H groups in total. The van der Waals surface area contributed by atoms with Crippen LogP contribution < -0.4 is 5.32 Å². The molecule has 1 aromatic rings. The van der Waals surface area contributed by atoms with Gasteiger partial charge in [0.1, 0.15) is 0 Å². The lowest BCUT2D eigenvalue weighted by Gasteiger charge is -2.31. The maximum absolute atomic E-state index is 12.3. The summed E-state index contributed by atoms with van der Waals surface area (Å²) in [6, 6.07) is 6.48. The summed E-state index contributed by atoms with van der Waals surface area (Å²) in [5.74, 6) is -0.431. The molecule has 1 saturated heterocycles. The van der Waals surface area contributed by atoms with Crippen LogP contribution >= 0.6 is 0 Å². The van der Waals surface area contributed by atoms with Crippen LogP contribution in [0.3, 0.4) is 0 Å². The molecule has 0 spiro atoms. The summed E-state index contributed by atoms with van der Waals surface area (Å²) in [6.45, 7) is 7.49. The van der Waals surface area contributed by atoms with Gasteiger partial charge in [0.05, 0.1) is 5.56 Å². The lowest BCUT2D eigenvalue weighted by molar-refractivity contribution is 0.0696. The molecule has 0 aromatic heterocycles. The first-order valence-corrected chi connectivity index (χ1v) is 7.17. The van der Waals surface area contributed by atoms with Gasteiger partial charge in [-0.15, -0.1) is 0 Å². The SMILES string of the molecule is CC1CN(C(=O)NCc2ccc(C(=O)O)cc2)C(C)(C)C1. The Bertz CT molecular complexity index is 537. The number of nitrogens with one attached hydrogen (secondary N) is 1. The second-order valence-electron chi connectivity index (χ2n) is 6.39. The van der Waals surface area contributed by atoms with E-state index in [0.29, 0.717) is 12.5 Å². The van der Waals surface area contributed by atoms with Gasteiger partial charge in [0, 0.05) is 18.6 Å². The first-order chi connectivity index (χ1) is 9.79. The molecule has 21 heavy (non-hydrogen) atoms. The molecule has 1 unspecified atom stereocenters. The first kappa shape index (κ1) is 15.4. The zero-order chi connectivity index (χ0) is 15.6. The van der Waals surface area contributed by atoms with Gasteiger partial charge in [-0.05, 0) is 43.9 Å². The molecule has 2 amide bonds. The molecule has 0 radical (unpaired) electrons. The van der Waals surface area contributed by atoms with E-state index in [1.165, 1.54) is 0 Å². The summed E-state index contributed by atoms with van der Waals surface area (Å²) >= 11 is 0. The molecule has 1 atom stereocenters. The average molecular weight is 290 g/mol. The van der Waals surface area contributed by atoms with Gasteiger partial charge in [-0.3, -0.25) is 0 Å². The van der Waals surface area contributed by atoms with Gasteiger partial charge in [0.25, 0.3) is 0 Å². The molecular weight excluding hydrogens is 268 g/mol. The summed E-state index contributed by atoms with van der Waals surface area (Å²) in [5, 5.41) is 11.7. The number of hydrogen-bond acceptors (Lipinski definition) is 2. The number of carbonyl (C=O) groups excluding carboxylic acids is 1. The lowest BCUT2D eigenvalue weighted by Crippen LogP contribution is -2.47. The molecule has 0 saturated carbocycles. The summed E-state index contributed by atoms with van der Waals surface area (Å²) in [6.07, 6.45) is 1.01. The van der Waals surface area contributed by atoms with Crippen LogP contribution in [0, 0.1) is 5.92 Å². The molecule has 1 aromatic carbocycles. The summed E-state index contributed by atoms with van der Waals surface area (Å²) in [5.41, 5.74) is 1.02. The fourth-order valence-electron chi connectivity index (χ4n) is 2.98. The van der Waals surface area contributed by atoms with Crippen molar-refractivity contribution >= 4 is 12.0 Å². The third-order valence-corrected chi connectivity index (χ3v) is 3.96. The maximum Gasteiger partial charge on any atom is 0.335 e. The molecule has 0 aliphatic carbocycles. The highest BCUT2D eigenvalue weighted by molar-refractivity contribution is 5.87. The molecule has 1 heterocycles. The standard InChI is InChI=1S/C16H22N2O3/c1-11-8-16(2,3)18(10-11)15(21)17-9-12-4-6-13(7-5-12)14(19)20/h4-7,11H,8-10H2,1-3H3,(H,17,21)(H,19,20). The van der Waals surface area contributed by atoms with Crippen molar-refractivity contribution < 1.29 is 14.7 Å². The van der Waals surface area contributed by atoms with Crippen LogP contribution in [-0.2, 0) is 6.54 Å². The first-order valence-electron chi connectivity index (χ1n) is 7.17. The Morgan fingerprint density at radius 1 is 1.33 bits per heavy atom. The quantitative estimate of drug-likeness (QED) is 0.899. The number of amides is 2. The second-order valence-corrected chi connectivity index (χ2v) is 6.39. The van der Waals surface area contributed by atoms with Crippen LogP contribution in [0.15, 0.2) is 24.3 Å². The minimum atomic E-state index is -0.946. The molecule has 5 nitrogen and oxygen atoms in total. The Kier molecular flexibility index (Phi) is 4.21. The van der Waals surface area contributed by atoms with E-state index in [9.17, 15) is 9.59 Å². The number of hydrogen-bond donors (Lipinski definition) is 2. The number of nitrogens with zero attached hydrogens (tertiary/aromatic N) is 1. The highest BCUT2D eigenvalue weighted by Gasteiger charge is 2.39. The molecule has 114 valence electrons. The Balaban J connectivity index is 1.93. The molecule has 0 bridgehead atoms. The van der Waals surface area contributed by atoms with E-state index in [2.05, 4.69) is 26.1 Å². The Labute approximate surface area is 125 Å². The molecule has 1 fully saturated rings. The van der Waals surface area contributed by atoms with E-state index < -0.39 is 5.97 Å². The number of carbonyl (C=O) groups is 2. The monoisotopic (exact) mass is 290 g/mol.